The van der Waals surface area contributed by atoms with Crippen molar-refractivity contribution in [2.45, 2.75) is 39.5 Å². The molecular weight excluding hydrogens is 232 g/mol. The maximum absolute atomic E-state index is 11.0. The maximum atomic E-state index is 11.0. The van der Waals surface area contributed by atoms with Crippen LogP contribution >= 0.6 is 0 Å². The Labute approximate surface area is 108 Å². The third-order valence-electron chi connectivity index (χ3n) is 2.75. The maximum Gasteiger partial charge on any atom is 0.306 e. The topological polar surface area (TPSA) is 74.6 Å². The Morgan fingerprint density at radius 1 is 0.889 bits per heavy atom. The van der Waals surface area contributed by atoms with Crippen LogP contribution in [0.15, 0.2) is 24.3 Å². The fourth-order valence-electron chi connectivity index (χ4n) is 1.87. The van der Waals surface area contributed by atoms with Crippen LogP contribution in [0.25, 0.3) is 0 Å². The molecule has 0 heterocycles. The van der Waals surface area contributed by atoms with Crippen molar-refractivity contribution in [3.05, 3.63) is 24.3 Å². The molecule has 0 rings (SSSR count). The Bertz CT molecular complexity index is 310. The van der Waals surface area contributed by atoms with E-state index >= 15 is 0 Å². The second kappa shape index (κ2) is 7.69. The van der Waals surface area contributed by atoms with Gasteiger partial charge >= 0.3 is 11.9 Å². The van der Waals surface area contributed by atoms with Gasteiger partial charge in [0.05, 0.1) is 11.8 Å². The largest absolute Gasteiger partial charge is 0.481 e. The van der Waals surface area contributed by atoms with Gasteiger partial charge in [-0.15, -0.1) is 13.2 Å². The van der Waals surface area contributed by atoms with Gasteiger partial charge in [0.1, 0.15) is 0 Å². The fraction of sp³-hybridized carbons (Fsp3) is 0.571. The van der Waals surface area contributed by atoms with E-state index in [1.165, 1.54) is 0 Å². The third-order valence-corrected chi connectivity index (χ3v) is 2.75. The van der Waals surface area contributed by atoms with Gasteiger partial charge < -0.3 is 10.2 Å². The van der Waals surface area contributed by atoms with Crippen LogP contribution in [-0.4, -0.2) is 22.2 Å². The average molecular weight is 254 g/mol. The van der Waals surface area contributed by atoms with E-state index in [1.54, 1.807) is 13.8 Å². The number of carbonyl (C=O) groups is 2. The normalized spacial score (nSPS) is 13.7. The van der Waals surface area contributed by atoms with Crippen molar-refractivity contribution in [1.29, 1.82) is 0 Å². The third kappa shape index (κ3) is 6.89. The molecule has 0 saturated carbocycles. The van der Waals surface area contributed by atoms with E-state index in [0.717, 1.165) is 11.1 Å². The first kappa shape index (κ1) is 16.4. The minimum Gasteiger partial charge on any atom is -0.481 e. The van der Waals surface area contributed by atoms with Crippen molar-refractivity contribution in [1.82, 2.24) is 0 Å². The van der Waals surface area contributed by atoms with Crippen molar-refractivity contribution in [2.24, 2.45) is 11.8 Å². The summed E-state index contributed by atoms with van der Waals surface area (Å²) >= 11 is 0. The highest BCUT2D eigenvalue weighted by molar-refractivity contribution is 5.71. The van der Waals surface area contributed by atoms with Gasteiger partial charge in [-0.2, -0.15) is 0 Å². The van der Waals surface area contributed by atoms with Crippen LogP contribution in [0.4, 0.5) is 0 Å². The fourth-order valence-corrected chi connectivity index (χ4v) is 1.87. The van der Waals surface area contributed by atoms with E-state index in [0.29, 0.717) is 25.7 Å². The van der Waals surface area contributed by atoms with E-state index in [-0.39, 0.29) is 0 Å². The smallest absolute Gasteiger partial charge is 0.306 e. The van der Waals surface area contributed by atoms with Gasteiger partial charge in [-0.3, -0.25) is 9.59 Å². The Kier molecular flexibility index (Phi) is 7.01. The molecule has 0 spiro atoms. The second-order valence-corrected chi connectivity index (χ2v) is 4.97. The summed E-state index contributed by atoms with van der Waals surface area (Å²) in [6.45, 7) is 10.9. The van der Waals surface area contributed by atoms with Crippen molar-refractivity contribution >= 4 is 11.9 Å². The van der Waals surface area contributed by atoms with Gasteiger partial charge in [0.15, 0.2) is 0 Å². The molecule has 0 aromatic rings. The number of aliphatic carboxylic acids is 2. The van der Waals surface area contributed by atoms with Crippen LogP contribution in [0.1, 0.15) is 39.5 Å². The Balaban J connectivity index is 4.45. The van der Waals surface area contributed by atoms with Gasteiger partial charge in [-0.1, -0.05) is 11.1 Å². The number of hydrogen-bond acceptors (Lipinski definition) is 2. The second-order valence-electron chi connectivity index (χ2n) is 4.97. The minimum absolute atomic E-state index is 0.354. The number of carboxylic acids is 2. The predicted molar refractivity (Wildman–Crippen MR) is 70.3 cm³/mol. The van der Waals surface area contributed by atoms with Crippen molar-refractivity contribution in [3.8, 4) is 0 Å². The molecule has 0 aliphatic rings. The molecular formula is C14H22O4. The van der Waals surface area contributed by atoms with Gasteiger partial charge in [-0.05, 0) is 39.5 Å². The molecule has 2 N–H and O–H groups in total. The Hall–Kier alpha value is -1.58. The van der Waals surface area contributed by atoms with Crippen LogP contribution in [0.2, 0.25) is 0 Å². The highest BCUT2D eigenvalue weighted by Gasteiger charge is 2.23. The van der Waals surface area contributed by atoms with Gasteiger partial charge in [0.2, 0.25) is 0 Å². The highest BCUT2D eigenvalue weighted by Crippen LogP contribution is 2.23. The summed E-state index contributed by atoms with van der Waals surface area (Å²) < 4.78 is 0. The first-order valence-corrected chi connectivity index (χ1v) is 5.98. The van der Waals surface area contributed by atoms with Crippen molar-refractivity contribution < 1.29 is 19.8 Å². The number of rotatable bonds is 9. The summed E-state index contributed by atoms with van der Waals surface area (Å²) in [5, 5.41) is 18.1. The molecule has 4 nitrogen and oxygen atoms in total. The number of carboxylic acid groups (broad SMARTS) is 2. The lowest BCUT2D eigenvalue weighted by atomic mass is 9.89. The zero-order valence-electron chi connectivity index (χ0n) is 11.1. The standard InChI is InChI=1S/C14H22O4/c1-9(2)7-11(13(15)16)5-6-12(14(17)18)8-10(3)4/h11-12H,1,3,5-8H2,2,4H3,(H,15,16)(H,17,18). The summed E-state index contributed by atoms with van der Waals surface area (Å²) in [6.07, 6.45) is 1.50. The van der Waals surface area contributed by atoms with Crippen LogP contribution in [0.5, 0.6) is 0 Å². The summed E-state index contributed by atoms with van der Waals surface area (Å²) in [5.41, 5.74) is 1.60. The highest BCUT2D eigenvalue weighted by atomic mass is 16.4. The Morgan fingerprint density at radius 3 is 1.33 bits per heavy atom. The van der Waals surface area contributed by atoms with Crippen LogP contribution in [0.3, 0.4) is 0 Å². The summed E-state index contributed by atoms with van der Waals surface area (Å²) in [4.78, 5) is 22.1. The molecule has 0 aromatic carbocycles. The summed E-state index contributed by atoms with van der Waals surface area (Å²) in [6, 6.07) is 0. The van der Waals surface area contributed by atoms with Crippen molar-refractivity contribution in [2.75, 3.05) is 0 Å². The van der Waals surface area contributed by atoms with E-state index in [9.17, 15) is 9.59 Å². The summed E-state index contributed by atoms with van der Waals surface area (Å²) in [7, 11) is 0. The van der Waals surface area contributed by atoms with E-state index < -0.39 is 23.8 Å². The monoisotopic (exact) mass is 254 g/mol. The van der Waals surface area contributed by atoms with E-state index in [1.807, 2.05) is 0 Å². The van der Waals surface area contributed by atoms with Crippen LogP contribution in [-0.2, 0) is 9.59 Å². The van der Waals surface area contributed by atoms with Crippen LogP contribution in [0, 0.1) is 11.8 Å². The van der Waals surface area contributed by atoms with Gasteiger partial charge in [0.25, 0.3) is 0 Å². The first-order valence-electron chi connectivity index (χ1n) is 5.98. The van der Waals surface area contributed by atoms with E-state index in [2.05, 4.69) is 13.2 Å². The number of hydrogen-bond donors (Lipinski definition) is 2. The molecule has 0 fully saturated rings. The predicted octanol–water partition coefficient (Wildman–Crippen LogP) is 3.10. The zero-order valence-corrected chi connectivity index (χ0v) is 11.1. The summed E-state index contributed by atoms with van der Waals surface area (Å²) in [5.74, 6) is -2.88. The lowest BCUT2D eigenvalue weighted by Gasteiger charge is -2.16. The lowest BCUT2D eigenvalue weighted by molar-refractivity contribution is -0.145. The molecule has 0 radical (unpaired) electrons. The number of allylic oxidation sites excluding steroid dienone is 2. The molecule has 2 atom stereocenters. The van der Waals surface area contributed by atoms with Gasteiger partial charge in [0, 0.05) is 0 Å². The molecule has 102 valence electrons. The molecule has 0 aliphatic heterocycles. The lowest BCUT2D eigenvalue weighted by Crippen LogP contribution is -2.19. The first-order chi connectivity index (χ1) is 8.23. The quantitative estimate of drug-likeness (QED) is 0.620. The van der Waals surface area contributed by atoms with E-state index in [4.69, 9.17) is 10.2 Å². The molecule has 0 saturated heterocycles. The average Bonchev–Trinajstić information content (AvgIpc) is 2.20. The Morgan fingerprint density at radius 2 is 1.17 bits per heavy atom. The molecule has 0 amide bonds. The van der Waals surface area contributed by atoms with Gasteiger partial charge in [-0.25, -0.2) is 0 Å². The molecule has 0 bridgehead atoms. The molecule has 18 heavy (non-hydrogen) atoms. The minimum atomic E-state index is -0.891. The zero-order chi connectivity index (χ0) is 14.3. The molecule has 2 unspecified atom stereocenters. The molecule has 0 aliphatic carbocycles. The van der Waals surface area contributed by atoms with Crippen molar-refractivity contribution in [3.63, 3.8) is 0 Å². The van der Waals surface area contributed by atoms with Crippen LogP contribution < -0.4 is 0 Å². The molecule has 4 heteroatoms. The SMILES string of the molecule is C=C(C)CC(CCC(CC(=C)C)C(=O)O)C(=O)O. The molecule has 0 aromatic heterocycles.